The summed E-state index contributed by atoms with van der Waals surface area (Å²) in [6, 6.07) is 26.7. The van der Waals surface area contributed by atoms with E-state index in [1.165, 1.54) is 8.61 Å². The molecule has 1 aliphatic heterocycles. The van der Waals surface area contributed by atoms with Crippen LogP contribution >= 0.6 is 11.6 Å². The van der Waals surface area contributed by atoms with Gasteiger partial charge in [-0.1, -0.05) is 71.3 Å². The fraction of sp³-hybridized carbons (Fsp3) is 0.103. The quantitative estimate of drug-likeness (QED) is 0.281. The standard InChI is InChI=1S/C29H25ClN2O4S2/c1-21-10-14-26(15-11-21)37(33,34)31-20-25(19-23-6-5-7-24(30)18-23)32(29-9-4-3-8-28(29)31)38(35,36)27-16-12-22(2)13-17-27/h3-19H,20H2,1-2H3/b25-19+. The summed E-state index contributed by atoms with van der Waals surface area (Å²) in [4.78, 5) is 0.222. The topological polar surface area (TPSA) is 74.8 Å². The van der Waals surface area contributed by atoms with Gasteiger partial charge in [0.25, 0.3) is 20.0 Å². The number of rotatable bonds is 5. The van der Waals surface area contributed by atoms with Crippen molar-refractivity contribution >= 4 is 49.1 Å². The molecule has 0 fully saturated rings. The van der Waals surface area contributed by atoms with Crippen molar-refractivity contribution in [2.75, 3.05) is 15.2 Å². The lowest BCUT2D eigenvalue weighted by Gasteiger charge is -2.39. The van der Waals surface area contributed by atoms with Gasteiger partial charge in [-0.3, -0.25) is 4.31 Å². The highest BCUT2D eigenvalue weighted by molar-refractivity contribution is 7.93. The number of benzene rings is 4. The first kappa shape index (κ1) is 26.0. The van der Waals surface area contributed by atoms with Crippen molar-refractivity contribution in [3.05, 3.63) is 124 Å². The van der Waals surface area contributed by atoms with Crippen molar-refractivity contribution in [3.8, 4) is 0 Å². The maximum Gasteiger partial charge on any atom is 0.268 e. The average molecular weight is 565 g/mol. The van der Waals surface area contributed by atoms with Crippen LogP contribution in [0.2, 0.25) is 5.02 Å². The highest BCUT2D eigenvalue weighted by Crippen LogP contribution is 2.43. The third-order valence-electron chi connectivity index (χ3n) is 6.29. The molecule has 0 radical (unpaired) electrons. The summed E-state index contributed by atoms with van der Waals surface area (Å²) in [6.07, 6.45) is 1.66. The fourth-order valence-electron chi connectivity index (χ4n) is 4.34. The second kappa shape index (κ2) is 9.94. The molecular weight excluding hydrogens is 540 g/mol. The molecule has 0 aromatic heterocycles. The zero-order chi connectivity index (χ0) is 27.1. The number of fused-ring (bicyclic) bond motifs is 1. The highest BCUT2D eigenvalue weighted by Gasteiger charge is 2.39. The zero-order valence-corrected chi connectivity index (χ0v) is 23.1. The molecule has 9 heteroatoms. The lowest BCUT2D eigenvalue weighted by Crippen LogP contribution is -2.44. The Hall–Kier alpha value is -3.59. The maximum atomic E-state index is 14.1. The average Bonchev–Trinajstić information content (AvgIpc) is 2.88. The van der Waals surface area contributed by atoms with Gasteiger partial charge in [0.15, 0.2) is 0 Å². The van der Waals surface area contributed by atoms with Gasteiger partial charge in [0.05, 0.1) is 33.4 Å². The van der Waals surface area contributed by atoms with Crippen LogP contribution in [0.15, 0.2) is 113 Å². The largest absolute Gasteiger partial charge is 0.268 e. The van der Waals surface area contributed by atoms with Gasteiger partial charge < -0.3 is 0 Å². The molecule has 0 bridgehead atoms. The van der Waals surface area contributed by atoms with Crippen LogP contribution < -0.4 is 8.61 Å². The van der Waals surface area contributed by atoms with Gasteiger partial charge in [0.1, 0.15) is 0 Å². The smallest absolute Gasteiger partial charge is 0.258 e. The van der Waals surface area contributed by atoms with Gasteiger partial charge >= 0.3 is 0 Å². The van der Waals surface area contributed by atoms with Crippen LogP contribution in [-0.2, 0) is 20.0 Å². The number of halogens is 1. The van der Waals surface area contributed by atoms with Crippen molar-refractivity contribution < 1.29 is 16.8 Å². The number of sulfonamides is 2. The van der Waals surface area contributed by atoms with Crippen molar-refractivity contribution in [1.29, 1.82) is 0 Å². The van der Waals surface area contributed by atoms with Gasteiger partial charge in [-0.05, 0) is 74.0 Å². The number of para-hydroxylation sites is 2. The summed E-state index contributed by atoms with van der Waals surface area (Å²) in [5.41, 5.74) is 3.27. The van der Waals surface area contributed by atoms with E-state index in [0.29, 0.717) is 10.6 Å². The summed E-state index contributed by atoms with van der Waals surface area (Å²) in [6.45, 7) is 3.56. The Bertz CT molecular complexity index is 1750. The predicted octanol–water partition coefficient (Wildman–Crippen LogP) is 6.40. The summed E-state index contributed by atoms with van der Waals surface area (Å²) in [5.74, 6) is 0. The minimum atomic E-state index is -4.10. The van der Waals surface area contributed by atoms with Crippen LogP contribution in [0.25, 0.3) is 6.08 Å². The van der Waals surface area contributed by atoms with Crippen molar-refractivity contribution in [2.45, 2.75) is 23.6 Å². The Kier molecular flexibility index (Phi) is 6.81. The molecule has 5 rings (SSSR count). The Morgan fingerprint density at radius 1 is 0.684 bits per heavy atom. The minimum Gasteiger partial charge on any atom is -0.258 e. The molecule has 0 unspecified atom stereocenters. The van der Waals surface area contributed by atoms with E-state index >= 15 is 0 Å². The molecule has 0 N–H and O–H groups in total. The Morgan fingerprint density at radius 2 is 1.24 bits per heavy atom. The van der Waals surface area contributed by atoms with Crippen LogP contribution in [0.3, 0.4) is 0 Å². The number of anilines is 2. The summed E-state index contributed by atoms with van der Waals surface area (Å²) < 4.78 is 58.4. The first-order valence-corrected chi connectivity index (χ1v) is 15.1. The third-order valence-corrected chi connectivity index (χ3v) is 10.1. The normalized spacial score (nSPS) is 15.0. The minimum absolute atomic E-state index is 0.102. The monoisotopic (exact) mass is 564 g/mol. The van der Waals surface area contributed by atoms with E-state index in [4.69, 9.17) is 11.6 Å². The molecule has 0 amide bonds. The highest BCUT2D eigenvalue weighted by atomic mass is 35.5. The lowest BCUT2D eigenvalue weighted by molar-refractivity contribution is 0.586. The van der Waals surface area contributed by atoms with Gasteiger partial charge in [-0.15, -0.1) is 0 Å². The molecular formula is C29H25ClN2O4S2. The lowest BCUT2D eigenvalue weighted by atomic mass is 10.1. The molecule has 1 heterocycles. The molecule has 4 aromatic carbocycles. The summed E-state index contributed by atoms with van der Waals surface area (Å²) >= 11 is 6.21. The second-order valence-electron chi connectivity index (χ2n) is 9.09. The van der Waals surface area contributed by atoms with Crippen LogP contribution in [0.5, 0.6) is 0 Å². The first-order valence-electron chi connectivity index (χ1n) is 11.8. The van der Waals surface area contributed by atoms with E-state index < -0.39 is 20.0 Å². The summed E-state index contributed by atoms with van der Waals surface area (Å²) in [5, 5.41) is 0.479. The van der Waals surface area contributed by atoms with Crippen LogP contribution in [0.4, 0.5) is 11.4 Å². The van der Waals surface area contributed by atoms with E-state index in [9.17, 15) is 16.8 Å². The zero-order valence-electron chi connectivity index (χ0n) is 20.7. The van der Waals surface area contributed by atoms with Gasteiger partial charge in [0, 0.05) is 5.02 Å². The van der Waals surface area contributed by atoms with Crippen LogP contribution in [0.1, 0.15) is 16.7 Å². The van der Waals surface area contributed by atoms with Crippen molar-refractivity contribution in [3.63, 3.8) is 0 Å². The van der Waals surface area contributed by atoms with E-state index in [-0.39, 0.29) is 33.4 Å². The number of hydrogen-bond acceptors (Lipinski definition) is 4. The van der Waals surface area contributed by atoms with Gasteiger partial charge in [-0.2, -0.15) is 0 Å². The number of aryl methyl sites for hydroxylation is 2. The Labute approximate surface area is 228 Å². The van der Waals surface area contributed by atoms with E-state index in [0.717, 1.165) is 11.1 Å². The predicted molar refractivity (Wildman–Crippen MR) is 152 cm³/mol. The van der Waals surface area contributed by atoms with E-state index in [1.54, 1.807) is 103 Å². The van der Waals surface area contributed by atoms with Crippen molar-refractivity contribution in [2.24, 2.45) is 0 Å². The molecule has 1 aliphatic rings. The molecule has 0 aliphatic carbocycles. The molecule has 6 nitrogen and oxygen atoms in total. The molecule has 0 saturated heterocycles. The van der Waals surface area contributed by atoms with E-state index in [2.05, 4.69) is 0 Å². The Morgan fingerprint density at radius 3 is 1.82 bits per heavy atom. The number of hydrogen-bond donors (Lipinski definition) is 0. The van der Waals surface area contributed by atoms with Gasteiger partial charge in [-0.25, -0.2) is 21.1 Å². The first-order chi connectivity index (χ1) is 18.1. The van der Waals surface area contributed by atoms with Crippen molar-refractivity contribution in [1.82, 2.24) is 0 Å². The fourth-order valence-corrected chi connectivity index (χ4v) is 7.51. The molecule has 0 spiro atoms. The third kappa shape index (κ3) is 4.82. The summed E-state index contributed by atoms with van der Waals surface area (Å²) in [7, 11) is -8.12. The molecule has 194 valence electrons. The van der Waals surface area contributed by atoms with E-state index in [1.807, 2.05) is 13.8 Å². The maximum absolute atomic E-state index is 14.1. The van der Waals surface area contributed by atoms with Crippen LogP contribution in [0, 0.1) is 13.8 Å². The SMILES string of the molecule is Cc1ccc(S(=O)(=O)N2C/C(=C\c3cccc(Cl)c3)N(S(=O)(=O)c3ccc(C)cc3)c3ccccc32)cc1. The molecule has 0 saturated carbocycles. The molecule has 0 atom stereocenters. The molecule has 4 aromatic rings. The number of nitrogens with zero attached hydrogens (tertiary/aromatic N) is 2. The Balaban J connectivity index is 1.75. The molecule has 38 heavy (non-hydrogen) atoms. The second-order valence-corrected chi connectivity index (χ2v) is 13.2. The van der Waals surface area contributed by atoms with Crippen LogP contribution in [-0.4, -0.2) is 23.4 Å². The van der Waals surface area contributed by atoms with Gasteiger partial charge in [0.2, 0.25) is 0 Å².